The summed E-state index contributed by atoms with van der Waals surface area (Å²) >= 11 is 1.45. The molecule has 0 spiro atoms. The summed E-state index contributed by atoms with van der Waals surface area (Å²) in [6.07, 6.45) is 0. The Balaban J connectivity index is 2.51. The number of hydrogen-bond acceptors (Lipinski definition) is 3. The molecule has 0 amide bonds. The fourth-order valence-electron chi connectivity index (χ4n) is 1.68. The van der Waals surface area contributed by atoms with E-state index in [1.807, 2.05) is 43.5 Å². The minimum atomic E-state index is 0.0277. The highest BCUT2D eigenvalue weighted by molar-refractivity contribution is 7.12. The molecule has 2 rings (SSSR count). The van der Waals surface area contributed by atoms with Crippen LogP contribution in [0.3, 0.4) is 0 Å². The molecule has 0 bridgehead atoms. The molecular weight excluding hydrogens is 232 g/mol. The number of hydrogen-bond donors (Lipinski definition) is 0. The topological polar surface area (TPSA) is 26.3 Å². The summed E-state index contributed by atoms with van der Waals surface area (Å²) in [4.78, 5) is 13.0. The van der Waals surface area contributed by atoms with Gasteiger partial charge in [0.25, 0.3) is 0 Å². The molecule has 0 unspecified atom stereocenters. The Bertz CT molecular complexity index is 542. The number of methoxy groups -OCH3 is 1. The molecule has 0 saturated carbocycles. The molecule has 1 aromatic carbocycles. The van der Waals surface area contributed by atoms with Gasteiger partial charge in [-0.15, -0.1) is 11.3 Å². The van der Waals surface area contributed by atoms with Crippen LogP contribution in [-0.2, 0) is 0 Å². The second-order valence-corrected chi connectivity index (χ2v) is 4.89. The highest BCUT2D eigenvalue weighted by Crippen LogP contribution is 2.26. The standard InChI is InChI=1S/C14H14O2S/c1-9-7-11(12(16-3)8-10(9)2)14(15)13-5-4-6-17-13/h4-8H,1-3H3. The molecule has 88 valence electrons. The van der Waals surface area contributed by atoms with Crippen molar-refractivity contribution in [2.45, 2.75) is 13.8 Å². The van der Waals surface area contributed by atoms with Gasteiger partial charge in [-0.3, -0.25) is 4.79 Å². The zero-order chi connectivity index (χ0) is 12.4. The molecule has 0 fully saturated rings. The first-order valence-electron chi connectivity index (χ1n) is 5.37. The summed E-state index contributed by atoms with van der Waals surface area (Å²) < 4.78 is 5.28. The van der Waals surface area contributed by atoms with Gasteiger partial charge >= 0.3 is 0 Å². The van der Waals surface area contributed by atoms with Crippen molar-refractivity contribution in [3.05, 3.63) is 51.2 Å². The molecule has 1 aromatic heterocycles. The van der Waals surface area contributed by atoms with Crippen LogP contribution in [0.1, 0.15) is 26.4 Å². The number of carbonyl (C=O) groups excluding carboxylic acids is 1. The van der Waals surface area contributed by atoms with Gasteiger partial charge < -0.3 is 4.74 Å². The molecule has 2 nitrogen and oxygen atoms in total. The van der Waals surface area contributed by atoms with Gasteiger partial charge in [0.15, 0.2) is 0 Å². The minimum Gasteiger partial charge on any atom is -0.496 e. The number of benzene rings is 1. The van der Waals surface area contributed by atoms with Crippen molar-refractivity contribution in [2.24, 2.45) is 0 Å². The highest BCUT2D eigenvalue weighted by Gasteiger charge is 2.16. The third-order valence-electron chi connectivity index (χ3n) is 2.81. The first kappa shape index (κ1) is 11.9. The van der Waals surface area contributed by atoms with Gasteiger partial charge in [0.1, 0.15) is 5.75 Å². The summed E-state index contributed by atoms with van der Waals surface area (Å²) in [5, 5.41) is 1.90. The lowest BCUT2D eigenvalue weighted by Crippen LogP contribution is -2.03. The fraction of sp³-hybridized carbons (Fsp3) is 0.214. The van der Waals surface area contributed by atoms with Crippen molar-refractivity contribution in [3.8, 4) is 5.75 Å². The molecule has 1 heterocycles. The molecule has 0 aliphatic heterocycles. The van der Waals surface area contributed by atoms with E-state index in [-0.39, 0.29) is 5.78 Å². The number of rotatable bonds is 3. The molecule has 0 atom stereocenters. The van der Waals surface area contributed by atoms with Gasteiger partial charge in [-0.25, -0.2) is 0 Å². The summed E-state index contributed by atoms with van der Waals surface area (Å²) in [5.74, 6) is 0.673. The zero-order valence-electron chi connectivity index (χ0n) is 10.1. The Kier molecular flexibility index (Phi) is 3.29. The average molecular weight is 246 g/mol. The largest absolute Gasteiger partial charge is 0.496 e. The lowest BCUT2D eigenvalue weighted by molar-refractivity contribution is 0.103. The van der Waals surface area contributed by atoms with Crippen molar-refractivity contribution >= 4 is 17.1 Å². The molecule has 2 aromatic rings. The van der Waals surface area contributed by atoms with Crippen molar-refractivity contribution in [2.75, 3.05) is 7.11 Å². The summed E-state index contributed by atoms with van der Waals surface area (Å²) in [7, 11) is 1.59. The van der Waals surface area contributed by atoms with E-state index < -0.39 is 0 Å². The first-order chi connectivity index (χ1) is 8.13. The highest BCUT2D eigenvalue weighted by atomic mass is 32.1. The minimum absolute atomic E-state index is 0.0277. The van der Waals surface area contributed by atoms with Crippen molar-refractivity contribution in [1.82, 2.24) is 0 Å². The van der Waals surface area contributed by atoms with E-state index in [4.69, 9.17) is 4.74 Å². The molecule has 0 aliphatic rings. The Labute approximate surface area is 105 Å². The van der Waals surface area contributed by atoms with Crippen LogP contribution in [-0.4, -0.2) is 12.9 Å². The van der Waals surface area contributed by atoms with E-state index in [9.17, 15) is 4.79 Å². The number of ketones is 1. The third kappa shape index (κ3) is 2.24. The quantitative estimate of drug-likeness (QED) is 0.773. The maximum absolute atomic E-state index is 12.3. The van der Waals surface area contributed by atoms with E-state index in [1.54, 1.807) is 7.11 Å². The van der Waals surface area contributed by atoms with Gasteiger partial charge in [0, 0.05) is 0 Å². The maximum atomic E-state index is 12.3. The summed E-state index contributed by atoms with van der Waals surface area (Å²) in [6.45, 7) is 4.01. The van der Waals surface area contributed by atoms with Gasteiger partial charge in [0.2, 0.25) is 5.78 Å². The van der Waals surface area contributed by atoms with Gasteiger partial charge in [-0.1, -0.05) is 6.07 Å². The van der Waals surface area contributed by atoms with E-state index in [0.717, 1.165) is 16.0 Å². The monoisotopic (exact) mass is 246 g/mol. The van der Waals surface area contributed by atoms with Crippen molar-refractivity contribution in [3.63, 3.8) is 0 Å². The second-order valence-electron chi connectivity index (χ2n) is 3.94. The third-order valence-corrected chi connectivity index (χ3v) is 3.67. The molecule has 0 N–H and O–H groups in total. The van der Waals surface area contributed by atoms with E-state index in [1.165, 1.54) is 11.3 Å². The smallest absolute Gasteiger partial charge is 0.206 e. The van der Waals surface area contributed by atoms with Crippen LogP contribution >= 0.6 is 11.3 Å². The Hall–Kier alpha value is -1.61. The maximum Gasteiger partial charge on any atom is 0.206 e. The van der Waals surface area contributed by atoms with Gasteiger partial charge in [-0.2, -0.15) is 0 Å². The predicted molar refractivity (Wildman–Crippen MR) is 70.2 cm³/mol. The first-order valence-corrected chi connectivity index (χ1v) is 6.25. The molecule has 17 heavy (non-hydrogen) atoms. The lowest BCUT2D eigenvalue weighted by Gasteiger charge is -2.10. The molecule has 0 radical (unpaired) electrons. The Morgan fingerprint density at radius 3 is 2.53 bits per heavy atom. The van der Waals surface area contributed by atoms with Crippen LogP contribution < -0.4 is 4.74 Å². The lowest BCUT2D eigenvalue weighted by atomic mass is 10.0. The Morgan fingerprint density at radius 1 is 1.24 bits per heavy atom. The van der Waals surface area contributed by atoms with Crippen molar-refractivity contribution in [1.29, 1.82) is 0 Å². The normalized spacial score (nSPS) is 10.3. The van der Waals surface area contributed by atoms with Gasteiger partial charge in [0.05, 0.1) is 17.6 Å². The van der Waals surface area contributed by atoms with Gasteiger partial charge in [-0.05, 0) is 48.6 Å². The fourth-order valence-corrected chi connectivity index (χ4v) is 2.35. The van der Waals surface area contributed by atoms with Crippen LogP contribution in [0.25, 0.3) is 0 Å². The summed E-state index contributed by atoms with van der Waals surface area (Å²) in [6, 6.07) is 7.53. The second kappa shape index (κ2) is 4.72. The van der Waals surface area contributed by atoms with E-state index in [0.29, 0.717) is 11.3 Å². The predicted octanol–water partition coefficient (Wildman–Crippen LogP) is 3.60. The van der Waals surface area contributed by atoms with Crippen LogP contribution in [0.4, 0.5) is 0 Å². The molecular formula is C14H14O2S. The van der Waals surface area contributed by atoms with Crippen LogP contribution in [0, 0.1) is 13.8 Å². The van der Waals surface area contributed by atoms with Crippen LogP contribution in [0.15, 0.2) is 29.6 Å². The number of thiophene rings is 1. The number of ether oxygens (including phenoxy) is 1. The van der Waals surface area contributed by atoms with E-state index >= 15 is 0 Å². The molecule has 0 aliphatic carbocycles. The zero-order valence-corrected chi connectivity index (χ0v) is 10.9. The molecule has 0 saturated heterocycles. The van der Waals surface area contributed by atoms with Crippen LogP contribution in [0.5, 0.6) is 5.75 Å². The van der Waals surface area contributed by atoms with Crippen LogP contribution in [0.2, 0.25) is 0 Å². The number of aryl methyl sites for hydroxylation is 2. The SMILES string of the molecule is COc1cc(C)c(C)cc1C(=O)c1cccs1. The van der Waals surface area contributed by atoms with Crippen molar-refractivity contribution < 1.29 is 9.53 Å². The Morgan fingerprint density at radius 2 is 1.94 bits per heavy atom. The summed E-state index contributed by atoms with van der Waals surface area (Å²) in [5.41, 5.74) is 2.87. The molecule has 3 heteroatoms. The average Bonchev–Trinajstić information content (AvgIpc) is 2.84. The van der Waals surface area contributed by atoms with E-state index in [2.05, 4.69) is 0 Å². The number of carbonyl (C=O) groups is 1.